The lowest BCUT2D eigenvalue weighted by molar-refractivity contribution is -0.137. The molecule has 128 valence electrons. The van der Waals surface area contributed by atoms with E-state index < -0.39 is 38.4 Å². The Morgan fingerprint density at radius 2 is 1.62 bits per heavy atom. The second-order valence-electron chi connectivity index (χ2n) is 4.69. The zero-order chi connectivity index (χ0) is 18.1. The molecule has 0 bridgehead atoms. The highest BCUT2D eigenvalue weighted by molar-refractivity contribution is 7.90. The minimum atomic E-state index is -4.62. The first-order valence-electron chi connectivity index (χ1n) is 6.30. The summed E-state index contributed by atoms with van der Waals surface area (Å²) in [5.41, 5.74) is 3.83. The van der Waals surface area contributed by atoms with Crippen LogP contribution in [0.2, 0.25) is 0 Å². The van der Waals surface area contributed by atoms with Crippen molar-refractivity contribution >= 4 is 21.6 Å². The Kier molecular flexibility index (Phi) is 4.52. The molecule has 0 saturated heterocycles. The maximum absolute atomic E-state index is 12.9. The van der Waals surface area contributed by atoms with Gasteiger partial charge in [-0.15, -0.1) is 0 Å². The zero-order valence-corrected chi connectivity index (χ0v) is 12.6. The number of benzene rings is 2. The Bertz CT molecular complexity index is 878. The lowest BCUT2D eigenvalue weighted by Crippen LogP contribution is -2.31. The van der Waals surface area contributed by atoms with E-state index in [0.717, 1.165) is 18.2 Å². The molecule has 3 N–H and O–H groups in total. The molecular weight excluding hydrogens is 352 g/mol. The predicted molar refractivity (Wildman–Crippen MR) is 76.9 cm³/mol. The van der Waals surface area contributed by atoms with Crippen LogP contribution in [0.5, 0.6) is 0 Å². The number of nitrogens with one attached hydrogen (secondary N) is 1. The van der Waals surface area contributed by atoms with Crippen LogP contribution in [0.4, 0.5) is 23.2 Å². The van der Waals surface area contributed by atoms with Gasteiger partial charge < -0.3 is 5.73 Å². The molecule has 0 spiro atoms. The average Bonchev–Trinajstić information content (AvgIpc) is 2.45. The minimum Gasteiger partial charge on any atom is -0.398 e. The van der Waals surface area contributed by atoms with E-state index in [-0.39, 0.29) is 11.3 Å². The molecule has 0 atom stereocenters. The van der Waals surface area contributed by atoms with Crippen LogP contribution in [-0.4, -0.2) is 14.3 Å². The maximum atomic E-state index is 12.9. The van der Waals surface area contributed by atoms with Gasteiger partial charge in [0.25, 0.3) is 15.9 Å². The van der Waals surface area contributed by atoms with Crippen LogP contribution in [0.1, 0.15) is 15.9 Å². The lowest BCUT2D eigenvalue weighted by Gasteiger charge is -2.10. The normalized spacial score (nSPS) is 12.0. The predicted octanol–water partition coefficient (Wildman–Crippen LogP) is 2.55. The van der Waals surface area contributed by atoms with Crippen LogP contribution in [0, 0.1) is 5.82 Å². The van der Waals surface area contributed by atoms with Gasteiger partial charge in [-0.05, 0) is 42.5 Å². The Morgan fingerprint density at radius 3 is 2.12 bits per heavy atom. The van der Waals surface area contributed by atoms with Gasteiger partial charge in [0, 0.05) is 5.69 Å². The number of alkyl halides is 3. The molecule has 0 aliphatic heterocycles. The molecule has 2 rings (SSSR count). The molecule has 10 heteroatoms. The van der Waals surface area contributed by atoms with Crippen molar-refractivity contribution in [2.75, 3.05) is 5.73 Å². The van der Waals surface area contributed by atoms with E-state index >= 15 is 0 Å². The molecule has 5 nitrogen and oxygen atoms in total. The van der Waals surface area contributed by atoms with Gasteiger partial charge in [-0.2, -0.15) is 13.2 Å². The van der Waals surface area contributed by atoms with Crippen molar-refractivity contribution in [1.82, 2.24) is 4.72 Å². The van der Waals surface area contributed by atoms with E-state index in [1.54, 1.807) is 4.72 Å². The van der Waals surface area contributed by atoms with Crippen LogP contribution < -0.4 is 10.5 Å². The number of rotatable bonds is 3. The number of sulfonamides is 1. The molecule has 24 heavy (non-hydrogen) atoms. The van der Waals surface area contributed by atoms with Gasteiger partial charge >= 0.3 is 6.18 Å². The molecule has 0 saturated carbocycles. The van der Waals surface area contributed by atoms with Crippen LogP contribution >= 0.6 is 0 Å². The van der Waals surface area contributed by atoms with Crippen LogP contribution in [-0.2, 0) is 16.2 Å². The summed E-state index contributed by atoms with van der Waals surface area (Å²) >= 11 is 0. The number of anilines is 1. The Morgan fingerprint density at radius 1 is 1.04 bits per heavy atom. The topological polar surface area (TPSA) is 89.3 Å². The van der Waals surface area contributed by atoms with E-state index in [9.17, 15) is 30.8 Å². The number of amides is 1. The summed E-state index contributed by atoms with van der Waals surface area (Å²) in [6.45, 7) is 0. The summed E-state index contributed by atoms with van der Waals surface area (Å²) in [6.07, 6.45) is -4.62. The molecule has 0 unspecified atom stereocenters. The second-order valence-corrected chi connectivity index (χ2v) is 6.37. The Hall–Kier alpha value is -2.62. The smallest absolute Gasteiger partial charge is 0.398 e. The maximum Gasteiger partial charge on any atom is 0.416 e. The summed E-state index contributed by atoms with van der Waals surface area (Å²) in [7, 11) is -4.41. The summed E-state index contributed by atoms with van der Waals surface area (Å²) in [5.74, 6) is -1.85. The number of halogens is 4. The van der Waals surface area contributed by atoms with E-state index in [0.29, 0.717) is 24.3 Å². The van der Waals surface area contributed by atoms with Gasteiger partial charge in [0.05, 0.1) is 16.0 Å². The van der Waals surface area contributed by atoms with Gasteiger partial charge in [-0.3, -0.25) is 4.79 Å². The first-order valence-corrected chi connectivity index (χ1v) is 7.78. The van der Waals surface area contributed by atoms with Crippen LogP contribution in [0.15, 0.2) is 47.4 Å². The van der Waals surface area contributed by atoms with Crippen molar-refractivity contribution in [2.24, 2.45) is 0 Å². The monoisotopic (exact) mass is 362 g/mol. The van der Waals surface area contributed by atoms with Gasteiger partial charge in [0.1, 0.15) is 5.82 Å². The highest BCUT2D eigenvalue weighted by atomic mass is 32.2. The fourth-order valence-electron chi connectivity index (χ4n) is 1.80. The fourth-order valence-corrected chi connectivity index (χ4v) is 2.77. The van der Waals surface area contributed by atoms with E-state index in [2.05, 4.69) is 0 Å². The number of carbonyl (C=O) groups excluding carboxylic acids is 1. The molecule has 0 aliphatic carbocycles. The molecule has 2 aromatic rings. The first kappa shape index (κ1) is 17.7. The Labute approximate surface area is 134 Å². The van der Waals surface area contributed by atoms with E-state index in [4.69, 9.17) is 5.73 Å². The SMILES string of the molecule is Nc1cc(F)ccc1C(=O)NS(=O)(=O)c1ccc(C(F)(F)F)cc1. The third-order valence-electron chi connectivity index (χ3n) is 2.98. The molecular formula is C14H10F4N2O3S. The quantitative estimate of drug-likeness (QED) is 0.649. The summed E-state index contributed by atoms with van der Waals surface area (Å²) in [4.78, 5) is 11.4. The summed E-state index contributed by atoms with van der Waals surface area (Å²) in [6, 6.07) is 5.31. The Balaban J connectivity index is 2.26. The zero-order valence-electron chi connectivity index (χ0n) is 11.8. The van der Waals surface area contributed by atoms with Crippen LogP contribution in [0.3, 0.4) is 0 Å². The van der Waals surface area contributed by atoms with Crippen molar-refractivity contribution < 1.29 is 30.8 Å². The molecule has 0 radical (unpaired) electrons. The van der Waals surface area contributed by atoms with Crippen LogP contribution in [0.25, 0.3) is 0 Å². The number of carbonyl (C=O) groups is 1. The van der Waals surface area contributed by atoms with Gasteiger partial charge in [0.15, 0.2) is 0 Å². The third kappa shape index (κ3) is 3.82. The van der Waals surface area contributed by atoms with Gasteiger partial charge in [-0.25, -0.2) is 17.5 Å². The highest BCUT2D eigenvalue weighted by Crippen LogP contribution is 2.29. The molecule has 0 aromatic heterocycles. The van der Waals surface area contributed by atoms with Gasteiger partial charge in [-0.1, -0.05) is 0 Å². The highest BCUT2D eigenvalue weighted by Gasteiger charge is 2.31. The van der Waals surface area contributed by atoms with Crippen molar-refractivity contribution in [3.05, 3.63) is 59.4 Å². The first-order chi connectivity index (χ1) is 11.0. The number of nitrogen functional groups attached to an aromatic ring is 1. The molecule has 2 aromatic carbocycles. The molecule has 0 fully saturated rings. The molecule has 0 aliphatic rings. The third-order valence-corrected chi connectivity index (χ3v) is 4.32. The fraction of sp³-hybridized carbons (Fsp3) is 0.0714. The van der Waals surface area contributed by atoms with Crippen molar-refractivity contribution in [3.63, 3.8) is 0 Å². The minimum absolute atomic E-state index is 0.282. The lowest BCUT2D eigenvalue weighted by atomic mass is 10.2. The van der Waals surface area contributed by atoms with Crippen molar-refractivity contribution in [1.29, 1.82) is 0 Å². The van der Waals surface area contributed by atoms with Gasteiger partial charge in [0.2, 0.25) is 0 Å². The summed E-state index contributed by atoms with van der Waals surface area (Å²) in [5, 5.41) is 0. The molecule has 0 heterocycles. The van der Waals surface area contributed by atoms with Crippen molar-refractivity contribution in [3.8, 4) is 0 Å². The van der Waals surface area contributed by atoms with Crippen molar-refractivity contribution in [2.45, 2.75) is 11.1 Å². The summed E-state index contributed by atoms with van der Waals surface area (Å²) < 4.78 is 76.0. The second kappa shape index (κ2) is 6.11. The molecule has 1 amide bonds. The largest absolute Gasteiger partial charge is 0.416 e. The van der Waals surface area contributed by atoms with E-state index in [1.165, 1.54) is 0 Å². The standard InChI is InChI=1S/C14H10F4N2O3S/c15-9-3-6-11(12(19)7-9)13(21)20-24(22,23)10-4-1-8(2-5-10)14(16,17)18/h1-7H,19H2,(H,20,21). The average molecular weight is 362 g/mol. The number of hydrogen-bond donors (Lipinski definition) is 2. The number of nitrogens with two attached hydrogens (primary N) is 1. The number of hydrogen-bond acceptors (Lipinski definition) is 4. The van der Waals surface area contributed by atoms with E-state index in [1.807, 2.05) is 0 Å².